The first kappa shape index (κ1) is 12.8. The average Bonchev–Trinajstić information content (AvgIpc) is 1.91. The minimum absolute atomic E-state index is 0. The first-order chi connectivity index (χ1) is 4.35. The molecule has 0 rings (SSSR count). The van der Waals surface area contributed by atoms with Crippen molar-refractivity contribution in [1.82, 2.24) is 4.90 Å². The molecule has 0 aliphatic carbocycles. The quantitative estimate of drug-likeness (QED) is 0.341. The Bertz CT molecular complexity index is 77.3. The van der Waals surface area contributed by atoms with Crippen LogP contribution in [0.4, 0.5) is 0 Å². The minimum Gasteiger partial charge on any atom is -0.317 e. The third-order valence-corrected chi connectivity index (χ3v) is 1.42. The van der Waals surface area contributed by atoms with E-state index in [9.17, 15) is 0 Å². The van der Waals surface area contributed by atoms with Gasteiger partial charge in [0.2, 0.25) is 0 Å². The van der Waals surface area contributed by atoms with E-state index in [1.165, 1.54) is 0 Å². The second-order valence-electron chi connectivity index (χ2n) is 1.96. The molecule has 0 spiro atoms. The molecule has 54 valence electrons. The van der Waals surface area contributed by atoms with Gasteiger partial charge in [0.15, 0.2) is 0 Å². The predicted molar refractivity (Wildman–Crippen MR) is 42.3 cm³/mol. The summed E-state index contributed by atoms with van der Waals surface area (Å²) in [6.45, 7) is 11.2. The molecule has 0 aliphatic heterocycles. The Balaban J connectivity index is 0. The van der Waals surface area contributed by atoms with Crippen molar-refractivity contribution < 1.29 is 18.9 Å². The van der Waals surface area contributed by atoms with Crippen molar-refractivity contribution in [3.05, 3.63) is 19.1 Å². The summed E-state index contributed by atoms with van der Waals surface area (Å²) in [5.41, 5.74) is 0. The Morgan fingerprint density at radius 3 is 2.10 bits per heavy atom. The molecule has 2 heteroatoms. The number of rotatable bonds is 4. The normalized spacial score (nSPS) is 10.3. The molecule has 0 atom stereocenters. The monoisotopic (exact) mass is 133 g/mol. The van der Waals surface area contributed by atoms with Gasteiger partial charge in [0, 0.05) is 0 Å². The van der Waals surface area contributed by atoms with Crippen molar-refractivity contribution >= 4 is 0 Å². The molecule has 0 N–H and O–H groups in total. The van der Waals surface area contributed by atoms with Gasteiger partial charge in [0.1, 0.15) is 0 Å². The van der Waals surface area contributed by atoms with E-state index in [4.69, 9.17) is 0 Å². The molecule has 0 unspecified atom stereocenters. The van der Waals surface area contributed by atoms with E-state index in [2.05, 4.69) is 31.7 Å². The molecule has 1 nitrogen and oxygen atoms in total. The molecular formula is C8H16LiN. The summed E-state index contributed by atoms with van der Waals surface area (Å²) in [5.74, 6) is 0. The average molecular weight is 133 g/mol. The van der Waals surface area contributed by atoms with Gasteiger partial charge in [-0.3, -0.25) is 0 Å². The summed E-state index contributed by atoms with van der Waals surface area (Å²) in [7, 11) is 0. The molecule has 0 heterocycles. The van der Waals surface area contributed by atoms with E-state index in [1.54, 1.807) is 0 Å². The fraction of sp³-hybridized carbons (Fsp3) is 0.625. The number of likely N-dealkylation sites (N-methyl/N-ethyl adjacent to an activating group) is 1. The zero-order valence-corrected chi connectivity index (χ0v) is 7.43. The van der Waals surface area contributed by atoms with E-state index < -0.39 is 0 Å². The van der Waals surface area contributed by atoms with E-state index in [1.807, 2.05) is 6.08 Å². The fourth-order valence-electron chi connectivity index (χ4n) is 0.705. The Kier molecular flexibility index (Phi) is 11.7. The zero-order valence-electron chi connectivity index (χ0n) is 7.43. The molecular weight excluding hydrogens is 117 g/mol. The molecule has 0 saturated heterocycles. The number of hydrogen-bond donors (Lipinski definition) is 0. The molecule has 0 aliphatic rings. The molecule has 0 amide bonds. The zero-order chi connectivity index (χ0) is 7.11. The van der Waals surface area contributed by atoms with Crippen LogP contribution in [0.1, 0.15) is 13.8 Å². The van der Waals surface area contributed by atoms with Gasteiger partial charge in [0.05, 0.1) is 0 Å². The van der Waals surface area contributed by atoms with Crippen molar-refractivity contribution in [3.63, 3.8) is 0 Å². The van der Waals surface area contributed by atoms with Gasteiger partial charge < -0.3 is 4.90 Å². The molecule has 0 aromatic carbocycles. The van der Waals surface area contributed by atoms with E-state index in [0.29, 0.717) is 0 Å². The molecule has 0 fully saturated rings. The summed E-state index contributed by atoms with van der Waals surface area (Å²) in [6.07, 6.45) is 3.92. The van der Waals surface area contributed by atoms with E-state index in [0.717, 1.165) is 19.6 Å². The van der Waals surface area contributed by atoms with Crippen molar-refractivity contribution in [2.45, 2.75) is 13.8 Å². The fourth-order valence-corrected chi connectivity index (χ4v) is 0.705. The summed E-state index contributed by atoms with van der Waals surface area (Å²) in [5, 5.41) is 0. The van der Waals surface area contributed by atoms with E-state index >= 15 is 0 Å². The third kappa shape index (κ3) is 6.29. The standard InChI is InChI=1S/C8H16N.Li/c1-4-7-8-9(5-2)6-3;/h4,7H,1,5-6,8H2,2-3H3;/q-1;+1. The van der Waals surface area contributed by atoms with Gasteiger partial charge in [-0.05, 0) is 19.6 Å². The molecule has 0 saturated carbocycles. The van der Waals surface area contributed by atoms with Crippen molar-refractivity contribution in [2.24, 2.45) is 0 Å². The minimum atomic E-state index is 0. The summed E-state index contributed by atoms with van der Waals surface area (Å²) in [6, 6.07) is 0. The molecule has 0 radical (unpaired) electrons. The Hall–Kier alpha value is 0.167. The van der Waals surface area contributed by atoms with Crippen LogP contribution in [-0.2, 0) is 0 Å². The van der Waals surface area contributed by atoms with Crippen LogP contribution in [0.5, 0.6) is 0 Å². The van der Waals surface area contributed by atoms with Gasteiger partial charge in [-0.25, -0.2) is 19.1 Å². The Labute approximate surface area is 76.7 Å². The Morgan fingerprint density at radius 1 is 1.30 bits per heavy atom. The van der Waals surface area contributed by atoms with Crippen molar-refractivity contribution in [3.8, 4) is 0 Å². The van der Waals surface area contributed by atoms with E-state index in [-0.39, 0.29) is 18.9 Å². The largest absolute Gasteiger partial charge is 1.00 e. The second-order valence-corrected chi connectivity index (χ2v) is 1.96. The second kappa shape index (κ2) is 9.17. The summed E-state index contributed by atoms with van der Waals surface area (Å²) in [4.78, 5) is 2.34. The first-order valence-electron chi connectivity index (χ1n) is 3.51. The maximum absolute atomic E-state index is 3.62. The van der Waals surface area contributed by atoms with Crippen LogP contribution in [0.2, 0.25) is 0 Å². The van der Waals surface area contributed by atoms with Crippen LogP contribution in [0.15, 0.2) is 12.2 Å². The third-order valence-electron chi connectivity index (χ3n) is 1.42. The van der Waals surface area contributed by atoms with Gasteiger partial charge >= 0.3 is 18.9 Å². The van der Waals surface area contributed by atoms with Crippen molar-refractivity contribution in [2.75, 3.05) is 19.6 Å². The first-order valence-corrected chi connectivity index (χ1v) is 3.51. The number of nitrogens with zero attached hydrogens (tertiary/aromatic N) is 1. The van der Waals surface area contributed by atoms with Crippen LogP contribution < -0.4 is 18.9 Å². The molecule has 0 aromatic rings. The SMILES string of the molecule is [CH2-]C=CCN(CC)CC.[Li+]. The van der Waals surface area contributed by atoms with Gasteiger partial charge in [-0.15, -0.1) is 0 Å². The number of allylic oxidation sites excluding steroid dienone is 1. The van der Waals surface area contributed by atoms with Crippen LogP contribution in [0.3, 0.4) is 0 Å². The van der Waals surface area contributed by atoms with Crippen molar-refractivity contribution in [1.29, 1.82) is 0 Å². The predicted octanol–water partition coefficient (Wildman–Crippen LogP) is -1.28. The van der Waals surface area contributed by atoms with Gasteiger partial charge in [0.25, 0.3) is 0 Å². The summed E-state index contributed by atoms with van der Waals surface area (Å²) < 4.78 is 0. The summed E-state index contributed by atoms with van der Waals surface area (Å²) >= 11 is 0. The number of hydrogen-bond acceptors (Lipinski definition) is 1. The van der Waals surface area contributed by atoms with Gasteiger partial charge in [-0.1, -0.05) is 13.8 Å². The smallest absolute Gasteiger partial charge is 0.317 e. The maximum atomic E-state index is 3.62. The topological polar surface area (TPSA) is 3.24 Å². The van der Waals surface area contributed by atoms with Crippen LogP contribution in [-0.4, -0.2) is 24.5 Å². The van der Waals surface area contributed by atoms with Gasteiger partial charge in [-0.2, -0.15) is 0 Å². The van der Waals surface area contributed by atoms with Crippen LogP contribution >= 0.6 is 0 Å². The molecule has 0 aromatic heterocycles. The van der Waals surface area contributed by atoms with Crippen LogP contribution in [0, 0.1) is 6.92 Å². The molecule has 10 heavy (non-hydrogen) atoms. The maximum Gasteiger partial charge on any atom is 1.00 e. The van der Waals surface area contributed by atoms with Crippen LogP contribution in [0.25, 0.3) is 0 Å². The Morgan fingerprint density at radius 2 is 1.80 bits per heavy atom. The molecule has 0 bridgehead atoms.